The van der Waals surface area contributed by atoms with Crippen molar-refractivity contribution in [1.29, 1.82) is 0 Å². The van der Waals surface area contributed by atoms with Crippen molar-refractivity contribution < 1.29 is 19.1 Å². The zero-order chi connectivity index (χ0) is 21.5. The molecule has 0 spiro atoms. The SMILES string of the molecule is CCN(C(=O)COC(=O)CNC(=O)c1cccc(Br)c1)c1cccc2ccccc12. The molecule has 0 aromatic heterocycles. The fraction of sp³-hybridized carbons (Fsp3) is 0.174. The van der Waals surface area contributed by atoms with E-state index in [-0.39, 0.29) is 12.5 Å². The van der Waals surface area contributed by atoms with E-state index in [1.807, 2.05) is 49.4 Å². The molecule has 7 heteroatoms. The average molecular weight is 469 g/mol. The van der Waals surface area contributed by atoms with Crippen molar-refractivity contribution in [2.75, 3.05) is 24.6 Å². The fourth-order valence-corrected chi connectivity index (χ4v) is 3.48. The Labute approximate surface area is 183 Å². The van der Waals surface area contributed by atoms with Crippen LogP contribution in [0.1, 0.15) is 17.3 Å². The van der Waals surface area contributed by atoms with E-state index in [0.717, 1.165) is 20.9 Å². The molecule has 6 nitrogen and oxygen atoms in total. The Balaban J connectivity index is 1.57. The van der Waals surface area contributed by atoms with Gasteiger partial charge in [-0.25, -0.2) is 0 Å². The Bertz CT molecular complexity index is 1080. The Morgan fingerprint density at radius 3 is 2.50 bits per heavy atom. The molecule has 0 aliphatic heterocycles. The number of nitrogens with one attached hydrogen (secondary N) is 1. The normalized spacial score (nSPS) is 10.5. The maximum atomic E-state index is 12.7. The van der Waals surface area contributed by atoms with E-state index in [0.29, 0.717) is 12.1 Å². The summed E-state index contributed by atoms with van der Waals surface area (Å²) >= 11 is 3.29. The van der Waals surface area contributed by atoms with Gasteiger partial charge in [-0.1, -0.05) is 58.4 Å². The predicted octanol–water partition coefficient (Wildman–Crippen LogP) is 3.93. The lowest BCUT2D eigenvalue weighted by atomic mass is 10.1. The summed E-state index contributed by atoms with van der Waals surface area (Å²) in [5.74, 6) is -1.41. The van der Waals surface area contributed by atoms with Gasteiger partial charge in [0.25, 0.3) is 11.8 Å². The number of benzene rings is 3. The molecule has 0 fully saturated rings. The van der Waals surface area contributed by atoms with Crippen molar-refractivity contribution in [2.45, 2.75) is 6.92 Å². The van der Waals surface area contributed by atoms with Crippen molar-refractivity contribution in [3.05, 3.63) is 76.8 Å². The van der Waals surface area contributed by atoms with Gasteiger partial charge in [0, 0.05) is 22.0 Å². The molecular weight excluding hydrogens is 448 g/mol. The second-order valence-corrected chi connectivity index (χ2v) is 7.41. The molecule has 1 N–H and O–H groups in total. The number of nitrogens with zero attached hydrogens (tertiary/aromatic N) is 1. The number of hydrogen-bond acceptors (Lipinski definition) is 4. The number of esters is 1. The monoisotopic (exact) mass is 468 g/mol. The average Bonchev–Trinajstić information content (AvgIpc) is 2.76. The van der Waals surface area contributed by atoms with Crippen molar-refractivity contribution in [1.82, 2.24) is 5.32 Å². The fourth-order valence-electron chi connectivity index (χ4n) is 3.08. The van der Waals surface area contributed by atoms with Gasteiger partial charge in [-0.05, 0) is 36.6 Å². The van der Waals surface area contributed by atoms with Crippen LogP contribution in [-0.4, -0.2) is 37.5 Å². The first-order valence-electron chi connectivity index (χ1n) is 9.47. The maximum Gasteiger partial charge on any atom is 0.325 e. The highest BCUT2D eigenvalue weighted by Gasteiger charge is 2.18. The van der Waals surface area contributed by atoms with Crippen molar-refractivity contribution in [2.24, 2.45) is 0 Å². The van der Waals surface area contributed by atoms with Gasteiger partial charge in [0.05, 0.1) is 5.69 Å². The molecule has 0 unspecified atom stereocenters. The van der Waals surface area contributed by atoms with Gasteiger partial charge in [0.2, 0.25) is 0 Å². The molecule has 3 aromatic carbocycles. The van der Waals surface area contributed by atoms with Gasteiger partial charge < -0.3 is 15.0 Å². The van der Waals surface area contributed by atoms with Gasteiger partial charge in [-0.3, -0.25) is 14.4 Å². The third-order valence-corrected chi connectivity index (χ3v) is 5.00. The van der Waals surface area contributed by atoms with Crippen molar-refractivity contribution >= 4 is 50.2 Å². The topological polar surface area (TPSA) is 75.7 Å². The van der Waals surface area contributed by atoms with E-state index >= 15 is 0 Å². The number of ether oxygens (including phenoxy) is 1. The van der Waals surface area contributed by atoms with E-state index in [4.69, 9.17) is 4.74 Å². The summed E-state index contributed by atoms with van der Waals surface area (Å²) in [5.41, 5.74) is 1.18. The van der Waals surface area contributed by atoms with Gasteiger partial charge in [0.15, 0.2) is 6.61 Å². The van der Waals surface area contributed by atoms with Crippen LogP contribution < -0.4 is 10.2 Å². The maximum absolute atomic E-state index is 12.7. The zero-order valence-corrected chi connectivity index (χ0v) is 18.0. The Morgan fingerprint density at radius 2 is 1.73 bits per heavy atom. The van der Waals surface area contributed by atoms with Crippen LogP contribution in [-0.2, 0) is 14.3 Å². The van der Waals surface area contributed by atoms with Crippen molar-refractivity contribution in [3.8, 4) is 0 Å². The number of anilines is 1. The minimum atomic E-state index is -0.680. The summed E-state index contributed by atoms with van der Waals surface area (Å²) in [7, 11) is 0. The molecule has 154 valence electrons. The first-order valence-corrected chi connectivity index (χ1v) is 10.3. The lowest BCUT2D eigenvalue weighted by Gasteiger charge is -2.22. The highest BCUT2D eigenvalue weighted by Crippen LogP contribution is 2.26. The smallest absolute Gasteiger partial charge is 0.325 e. The summed E-state index contributed by atoms with van der Waals surface area (Å²) in [6.45, 7) is 1.57. The molecule has 0 saturated heterocycles. The summed E-state index contributed by atoms with van der Waals surface area (Å²) in [6, 6.07) is 20.3. The Morgan fingerprint density at radius 1 is 1.00 bits per heavy atom. The highest BCUT2D eigenvalue weighted by atomic mass is 79.9. The second-order valence-electron chi connectivity index (χ2n) is 6.49. The van der Waals surface area contributed by atoms with Crippen LogP contribution in [0, 0.1) is 0 Å². The van der Waals surface area contributed by atoms with Crippen LogP contribution in [0.4, 0.5) is 5.69 Å². The molecule has 3 aromatic rings. The molecule has 30 heavy (non-hydrogen) atoms. The molecule has 0 heterocycles. The predicted molar refractivity (Wildman–Crippen MR) is 119 cm³/mol. The van der Waals surface area contributed by atoms with Gasteiger partial charge >= 0.3 is 5.97 Å². The van der Waals surface area contributed by atoms with E-state index < -0.39 is 18.5 Å². The molecular formula is C23H21BrN2O4. The lowest BCUT2D eigenvalue weighted by molar-refractivity contribution is -0.146. The van der Waals surface area contributed by atoms with Crippen LogP contribution >= 0.6 is 15.9 Å². The summed E-state index contributed by atoms with van der Waals surface area (Å²) in [4.78, 5) is 38.3. The summed E-state index contributed by atoms with van der Waals surface area (Å²) < 4.78 is 5.84. The number of amides is 2. The Hall–Kier alpha value is -3.19. The molecule has 3 rings (SSSR count). The van der Waals surface area contributed by atoms with Crippen LogP contribution in [0.15, 0.2) is 71.2 Å². The molecule has 0 aliphatic rings. The third kappa shape index (κ3) is 5.24. The van der Waals surface area contributed by atoms with Gasteiger partial charge in [-0.15, -0.1) is 0 Å². The van der Waals surface area contributed by atoms with Crippen LogP contribution in [0.25, 0.3) is 10.8 Å². The number of likely N-dealkylation sites (N-methyl/N-ethyl adjacent to an activating group) is 1. The number of carbonyl (C=O) groups excluding carboxylic acids is 3. The van der Waals surface area contributed by atoms with Gasteiger partial charge in [-0.2, -0.15) is 0 Å². The van der Waals surface area contributed by atoms with Gasteiger partial charge in [0.1, 0.15) is 6.54 Å². The molecule has 2 amide bonds. The first kappa shape index (κ1) is 21.5. The molecule has 0 bridgehead atoms. The number of halogens is 1. The van der Waals surface area contributed by atoms with Crippen LogP contribution in [0.5, 0.6) is 0 Å². The van der Waals surface area contributed by atoms with Crippen LogP contribution in [0.2, 0.25) is 0 Å². The number of rotatable bonds is 7. The quantitative estimate of drug-likeness (QED) is 0.533. The second kappa shape index (κ2) is 10.0. The molecule has 0 radical (unpaired) electrons. The number of hydrogen-bond donors (Lipinski definition) is 1. The molecule has 0 atom stereocenters. The zero-order valence-electron chi connectivity index (χ0n) is 16.4. The Kier molecular flexibility index (Phi) is 7.19. The first-order chi connectivity index (χ1) is 14.5. The molecule has 0 aliphatic carbocycles. The molecule has 0 saturated carbocycles. The number of carbonyl (C=O) groups is 3. The lowest BCUT2D eigenvalue weighted by Crippen LogP contribution is -2.36. The van der Waals surface area contributed by atoms with E-state index in [1.165, 1.54) is 0 Å². The van der Waals surface area contributed by atoms with E-state index in [1.54, 1.807) is 29.2 Å². The largest absolute Gasteiger partial charge is 0.454 e. The third-order valence-electron chi connectivity index (χ3n) is 4.51. The van der Waals surface area contributed by atoms with Crippen molar-refractivity contribution in [3.63, 3.8) is 0 Å². The number of fused-ring (bicyclic) bond motifs is 1. The standard InChI is InChI=1S/C23H21BrN2O4/c1-2-26(20-12-6-8-16-7-3-4-11-19(16)20)21(27)15-30-22(28)14-25-23(29)17-9-5-10-18(24)13-17/h3-13H,2,14-15H2,1H3,(H,25,29). The minimum absolute atomic E-state index is 0.320. The van der Waals surface area contributed by atoms with E-state index in [9.17, 15) is 14.4 Å². The minimum Gasteiger partial charge on any atom is -0.454 e. The van der Waals surface area contributed by atoms with Crippen LogP contribution in [0.3, 0.4) is 0 Å². The highest BCUT2D eigenvalue weighted by molar-refractivity contribution is 9.10. The summed E-state index contributed by atoms with van der Waals surface area (Å²) in [6.07, 6.45) is 0. The van der Waals surface area contributed by atoms with E-state index in [2.05, 4.69) is 21.2 Å². The summed E-state index contributed by atoms with van der Waals surface area (Å²) in [5, 5.41) is 4.46.